The van der Waals surface area contributed by atoms with E-state index in [1.165, 1.54) is 25.3 Å². The summed E-state index contributed by atoms with van der Waals surface area (Å²) in [5.74, 6) is -1.08. The van der Waals surface area contributed by atoms with Crippen LogP contribution in [0.2, 0.25) is 0 Å². The molecule has 0 fully saturated rings. The number of nitrogens with zero attached hydrogens (tertiary/aromatic N) is 1. The van der Waals surface area contributed by atoms with Gasteiger partial charge < -0.3 is 10.1 Å². The number of anilines is 2. The number of aryl methyl sites for hydroxylation is 3. The second kappa shape index (κ2) is 9.87. The van der Waals surface area contributed by atoms with Crippen LogP contribution in [0.25, 0.3) is 0 Å². The largest absolute Gasteiger partial charge is 0.465 e. The van der Waals surface area contributed by atoms with Crippen LogP contribution in [0.15, 0.2) is 71.6 Å². The smallest absolute Gasteiger partial charge is 0.337 e. The van der Waals surface area contributed by atoms with Gasteiger partial charge in [-0.05, 0) is 62.7 Å². The summed E-state index contributed by atoms with van der Waals surface area (Å²) in [5.41, 5.74) is 3.66. The number of rotatable bonds is 7. The predicted molar refractivity (Wildman–Crippen MR) is 128 cm³/mol. The summed E-state index contributed by atoms with van der Waals surface area (Å²) in [7, 11) is -2.73. The van der Waals surface area contributed by atoms with Gasteiger partial charge in [0.1, 0.15) is 6.54 Å². The van der Waals surface area contributed by atoms with Gasteiger partial charge in [0, 0.05) is 5.69 Å². The molecule has 33 heavy (non-hydrogen) atoms. The van der Waals surface area contributed by atoms with E-state index in [1.807, 2.05) is 13.8 Å². The highest BCUT2D eigenvalue weighted by Crippen LogP contribution is 2.25. The van der Waals surface area contributed by atoms with Gasteiger partial charge in [-0.1, -0.05) is 41.5 Å². The first-order chi connectivity index (χ1) is 15.6. The first-order valence-corrected chi connectivity index (χ1v) is 11.7. The molecule has 3 aromatic carbocycles. The number of hydrogen-bond acceptors (Lipinski definition) is 5. The average Bonchev–Trinajstić information content (AvgIpc) is 2.79. The van der Waals surface area contributed by atoms with E-state index < -0.39 is 28.4 Å². The molecule has 0 saturated carbocycles. The summed E-state index contributed by atoms with van der Waals surface area (Å²) < 4.78 is 32.7. The number of methoxy groups -OCH3 is 1. The fourth-order valence-corrected chi connectivity index (χ4v) is 4.61. The molecule has 0 radical (unpaired) electrons. The van der Waals surface area contributed by atoms with Crippen LogP contribution in [0.4, 0.5) is 11.4 Å². The van der Waals surface area contributed by atoms with Gasteiger partial charge in [0.2, 0.25) is 5.91 Å². The number of carbonyl (C=O) groups is 2. The summed E-state index contributed by atoms with van der Waals surface area (Å²) in [5, 5.41) is 2.72. The lowest BCUT2D eigenvalue weighted by atomic mass is 10.1. The molecule has 0 heterocycles. The van der Waals surface area contributed by atoms with Crippen molar-refractivity contribution in [3.63, 3.8) is 0 Å². The summed E-state index contributed by atoms with van der Waals surface area (Å²) in [4.78, 5) is 24.9. The van der Waals surface area contributed by atoms with Gasteiger partial charge in [0.15, 0.2) is 0 Å². The number of nitrogens with one attached hydrogen (secondary N) is 1. The van der Waals surface area contributed by atoms with Crippen LogP contribution in [0.1, 0.15) is 27.0 Å². The summed E-state index contributed by atoms with van der Waals surface area (Å²) in [6.07, 6.45) is 0. The first kappa shape index (κ1) is 24.0. The standard InChI is InChI=1S/C25H26N2O5S/c1-17-5-11-21(12-6-17)27(33(30,31)22-13-7-18(2)8-14-22)16-24(28)26-23-15-20(25(29)32-4)10-9-19(23)3/h5-15H,16H2,1-4H3,(H,26,28). The molecule has 172 valence electrons. The number of ether oxygens (including phenoxy) is 1. The third-order valence-corrected chi connectivity index (χ3v) is 6.94. The quantitative estimate of drug-likeness (QED) is 0.526. The Kier molecular flexibility index (Phi) is 7.18. The zero-order chi connectivity index (χ0) is 24.2. The van der Waals surface area contributed by atoms with Crippen molar-refractivity contribution in [3.8, 4) is 0 Å². The maximum absolute atomic E-state index is 13.5. The van der Waals surface area contributed by atoms with Crippen molar-refractivity contribution < 1.29 is 22.7 Å². The third-order valence-electron chi connectivity index (χ3n) is 5.15. The van der Waals surface area contributed by atoms with Gasteiger partial charge in [-0.15, -0.1) is 0 Å². The van der Waals surface area contributed by atoms with Gasteiger partial charge in [0.05, 0.1) is 23.3 Å². The number of amides is 1. The Balaban J connectivity index is 1.94. The Morgan fingerprint density at radius 2 is 1.45 bits per heavy atom. The molecule has 7 nitrogen and oxygen atoms in total. The minimum Gasteiger partial charge on any atom is -0.465 e. The Labute approximate surface area is 194 Å². The predicted octanol–water partition coefficient (Wildman–Crippen LogP) is 4.23. The molecule has 0 unspecified atom stereocenters. The maximum Gasteiger partial charge on any atom is 0.337 e. The topological polar surface area (TPSA) is 92.8 Å². The molecular weight excluding hydrogens is 440 g/mol. The van der Waals surface area contributed by atoms with Crippen molar-refractivity contribution in [2.75, 3.05) is 23.3 Å². The van der Waals surface area contributed by atoms with Crippen LogP contribution >= 0.6 is 0 Å². The number of benzene rings is 3. The van der Waals surface area contributed by atoms with Crippen LogP contribution < -0.4 is 9.62 Å². The SMILES string of the molecule is COC(=O)c1ccc(C)c(NC(=O)CN(c2ccc(C)cc2)S(=O)(=O)c2ccc(C)cc2)c1. The molecule has 3 aromatic rings. The fourth-order valence-electron chi connectivity index (χ4n) is 3.19. The molecule has 0 atom stereocenters. The number of esters is 1. The summed E-state index contributed by atoms with van der Waals surface area (Å²) in [6, 6.07) is 18.1. The number of hydrogen-bond donors (Lipinski definition) is 1. The fraction of sp³-hybridized carbons (Fsp3) is 0.200. The minimum absolute atomic E-state index is 0.0883. The molecule has 3 rings (SSSR count). The highest BCUT2D eigenvalue weighted by atomic mass is 32.2. The summed E-state index contributed by atoms with van der Waals surface area (Å²) in [6.45, 7) is 5.09. The monoisotopic (exact) mass is 466 g/mol. The van der Waals surface area contributed by atoms with Crippen molar-refractivity contribution in [2.45, 2.75) is 25.7 Å². The average molecular weight is 467 g/mol. The molecule has 1 N–H and O–H groups in total. The van der Waals surface area contributed by atoms with E-state index in [9.17, 15) is 18.0 Å². The lowest BCUT2D eigenvalue weighted by molar-refractivity contribution is -0.114. The van der Waals surface area contributed by atoms with Crippen molar-refractivity contribution >= 4 is 33.3 Å². The highest BCUT2D eigenvalue weighted by Gasteiger charge is 2.27. The normalized spacial score (nSPS) is 11.0. The van der Waals surface area contributed by atoms with Gasteiger partial charge >= 0.3 is 5.97 Å². The van der Waals surface area contributed by atoms with Crippen molar-refractivity contribution in [1.29, 1.82) is 0 Å². The first-order valence-electron chi connectivity index (χ1n) is 10.3. The zero-order valence-electron chi connectivity index (χ0n) is 19.0. The van der Waals surface area contributed by atoms with Crippen LogP contribution in [-0.2, 0) is 19.6 Å². The lowest BCUT2D eigenvalue weighted by Crippen LogP contribution is -2.38. The van der Waals surface area contributed by atoms with Crippen molar-refractivity contribution in [3.05, 3.63) is 89.0 Å². The Morgan fingerprint density at radius 1 is 0.879 bits per heavy atom. The van der Waals surface area contributed by atoms with E-state index in [-0.39, 0.29) is 10.5 Å². The van der Waals surface area contributed by atoms with Crippen molar-refractivity contribution in [2.24, 2.45) is 0 Å². The van der Waals surface area contributed by atoms with Gasteiger partial charge in [-0.25, -0.2) is 13.2 Å². The van der Waals surface area contributed by atoms with E-state index in [0.717, 1.165) is 21.0 Å². The molecule has 1 amide bonds. The Bertz CT molecular complexity index is 1270. The second-order valence-electron chi connectivity index (χ2n) is 7.73. The molecule has 0 aliphatic rings. The highest BCUT2D eigenvalue weighted by molar-refractivity contribution is 7.92. The van der Waals surface area contributed by atoms with Crippen LogP contribution in [0.3, 0.4) is 0 Å². The van der Waals surface area contributed by atoms with Gasteiger partial charge in [0.25, 0.3) is 10.0 Å². The van der Waals surface area contributed by atoms with Crippen LogP contribution in [0, 0.1) is 20.8 Å². The molecule has 8 heteroatoms. The van der Waals surface area contributed by atoms with Gasteiger partial charge in [-0.3, -0.25) is 9.10 Å². The Hall–Kier alpha value is -3.65. The van der Waals surface area contributed by atoms with E-state index in [1.54, 1.807) is 55.5 Å². The van der Waals surface area contributed by atoms with E-state index >= 15 is 0 Å². The molecule has 0 aliphatic heterocycles. The molecule has 0 spiro atoms. The summed E-state index contributed by atoms with van der Waals surface area (Å²) >= 11 is 0. The van der Waals surface area contributed by atoms with Crippen LogP contribution in [0.5, 0.6) is 0 Å². The van der Waals surface area contributed by atoms with Crippen molar-refractivity contribution in [1.82, 2.24) is 0 Å². The molecule has 0 bridgehead atoms. The van der Waals surface area contributed by atoms with Gasteiger partial charge in [-0.2, -0.15) is 0 Å². The number of carbonyl (C=O) groups excluding carboxylic acids is 2. The zero-order valence-corrected chi connectivity index (χ0v) is 19.8. The second-order valence-corrected chi connectivity index (χ2v) is 9.59. The number of sulfonamides is 1. The lowest BCUT2D eigenvalue weighted by Gasteiger charge is -2.24. The third kappa shape index (κ3) is 5.59. The maximum atomic E-state index is 13.5. The molecule has 0 aromatic heterocycles. The Morgan fingerprint density at radius 3 is 2.03 bits per heavy atom. The molecule has 0 saturated heterocycles. The van der Waals surface area contributed by atoms with E-state index in [4.69, 9.17) is 4.74 Å². The van der Waals surface area contributed by atoms with Crippen LogP contribution in [-0.4, -0.2) is 33.9 Å². The molecule has 0 aliphatic carbocycles. The van der Waals surface area contributed by atoms with E-state index in [0.29, 0.717) is 11.4 Å². The van der Waals surface area contributed by atoms with E-state index in [2.05, 4.69) is 5.32 Å². The molecular formula is C25H26N2O5S. The minimum atomic E-state index is -4.01.